The summed E-state index contributed by atoms with van der Waals surface area (Å²) in [6, 6.07) is 14.1. The second kappa shape index (κ2) is 4.80. The number of nitrogens with one attached hydrogen (secondary N) is 1. The molecule has 0 heterocycles. The van der Waals surface area contributed by atoms with Crippen LogP contribution in [-0.2, 0) is 10.0 Å². The fourth-order valence-electron chi connectivity index (χ4n) is 1.69. The lowest BCUT2D eigenvalue weighted by Gasteiger charge is -2.07. The summed E-state index contributed by atoms with van der Waals surface area (Å²) in [5.41, 5.74) is 8.33. The molecule has 0 aliphatic rings. The third-order valence-electron chi connectivity index (χ3n) is 2.71. The van der Waals surface area contributed by atoms with Crippen molar-refractivity contribution in [1.82, 2.24) is 4.72 Å². The monoisotopic (exact) mass is 262 g/mol. The summed E-state index contributed by atoms with van der Waals surface area (Å²) in [7, 11) is -2.00. The fourth-order valence-corrected chi connectivity index (χ4v) is 2.42. The van der Waals surface area contributed by atoms with Gasteiger partial charge in [0.05, 0.1) is 4.90 Å². The Morgan fingerprint density at radius 2 is 1.61 bits per heavy atom. The van der Waals surface area contributed by atoms with Crippen molar-refractivity contribution >= 4 is 15.7 Å². The molecule has 2 rings (SSSR count). The quantitative estimate of drug-likeness (QED) is 0.829. The van der Waals surface area contributed by atoms with E-state index in [0.717, 1.165) is 11.1 Å². The lowest BCUT2D eigenvalue weighted by Crippen LogP contribution is -2.18. The van der Waals surface area contributed by atoms with Gasteiger partial charge in [-0.05, 0) is 30.8 Å². The maximum absolute atomic E-state index is 11.6. The first-order chi connectivity index (χ1) is 8.54. The van der Waals surface area contributed by atoms with Crippen molar-refractivity contribution < 1.29 is 8.42 Å². The molecule has 2 aromatic carbocycles. The van der Waals surface area contributed by atoms with Crippen molar-refractivity contribution in [2.75, 3.05) is 12.8 Å². The van der Waals surface area contributed by atoms with Gasteiger partial charge in [-0.15, -0.1) is 0 Å². The van der Waals surface area contributed by atoms with Gasteiger partial charge in [0.25, 0.3) is 0 Å². The van der Waals surface area contributed by atoms with Crippen LogP contribution in [0.3, 0.4) is 0 Å². The first kappa shape index (κ1) is 12.6. The molecule has 18 heavy (non-hydrogen) atoms. The molecule has 0 radical (unpaired) electrons. The maximum Gasteiger partial charge on any atom is 0.240 e. The van der Waals surface area contributed by atoms with Crippen molar-refractivity contribution in [3.63, 3.8) is 0 Å². The molecule has 0 amide bonds. The van der Waals surface area contributed by atoms with E-state index >= 15 is 0 Å². The standard InChI is InChI=1S/C13H14N2O2S/c1-15-18(16,17)11-8-6-10(7-9-11)12-4-2-3-5-13(12)14/h2-9,15H,14H2,1H3. The lowest BCUT2D eigenvalue weighted by molar-refractivity contribution is 0.588. The van der Waals surface area contributed by atoms with Crippen molar-refractivity contribution in [3.05, 3.63) is 48.5 Å². The summed E-state index contributed by atoms with van der Waals surface area (Å²) in [4.78, 5) is 0.239. The number of sulfonamides is 1. The zero-order valence-corrected chi connectivity index (χ0v) is 10.7. The Labute approximate surface area is 107 Å². The van der Waals surface area contributed by atoms with Crippen LogP contribution in [0, 0.1) is 0 Å². The minimum Gasteiger partial charge on any atom is -0.398 e. The van der Waals surface area contributed by atoms with E-state index in [9.17, 15) is 8.42 Å². The van der Waals surface area contributed by atoms with E-state index in [2.05, 4.69) is 4.72 Å². The summed E-state index contributed by atoms with van der Waals surface area (Å²) in [5, 5.41) is 0. The van der Waals surface area contributed by atoms with Crippen LogP contribution in [0.2, 0.25) is 0 Å². The molecule has 94 valence electrons. The van der Waals surface area contributed by atoms with E-state index in [-0.39, 0.29) is 4.90 Å². The molecule has 0 aliphatic carbocycles. The minimum atomic E-state index is -3.39. The Hall–Kier alpha value is -1.85. The Morgan fingerprint density at radius 1 is 1.00 bits per heavy atom. The maximum atomic E-state index is 11.6. The van der Waals surface area contributed by atoms with E-state index in [1.54, 1.807) is 24.3 Å². The van der Waals surface area contributed by atoms with Crippen molar-refractivity contribution in [2.45, 2.75) is 4.90 Å². The summed E-state index contributed by atoms with van der Waals surface area (Å²) in [5.74, 6) is 0. The van der Waals surface area contributed by atoms with Crippen LogP contribution in [0.25, 0.3) is 11.1 Å². The van der Waals surface area contributed by atoms with Gasteiger partial charge in [-0.2, -0.15) is 0 Å². The van der Waals surface area contributed by atoms with Crippen LogP contribution < -0.4 is 10.5 Å². The third kappa shape index (κ3) is 2.37. The molecule has 0 bridgehead atoms. The number of hydrogen-bond donors (Lipinski definition) is 2. The molecule has 0 spiro atoms. The van der Waals surface area contributed by atoms with Crippen LogP contribution in [0.1, 0.15) is 0 Å². The van der Waals surface area contributed by atoms with Crippen LogP contribution in [-0.4, -0.2) is 15.5 Å². The molecular formula is C13H14N2O2S. The zero-order chi connectivity index (χ0) is 13.2. The molecule has 0 aromatic heterocycles. The Morgan fingerprint density at radius 3 is 2.17 bits per heavy atom. The molecule has 4 nitrogen and oxygen atoms in total. The molecule has 0 unspecified atom stereocenters. The number of benzene rings is 2. The van der Waals surface area contributed by atoms with Gasteiger partial charge in [0.1, 0.15) is 0 Å². The second-order valence-corrected chi connectivity index (χ2v) is 5.71. The highest BCUT2D eigenvalue weighted by Gasteiger charge is 2.11. The molecule has 0 saturated carbocycles. The minimum absolute atomic E-state index is 0.239. The van der Waals surface area contributed by atoms with Gasteiger partial charge in [0.15, 0.2) is 0 Å². The topological polar surface area (TPSA) is 72.2 Å². The average Bonchev–Trinajstić information content (AvgIpc) is 2.39. The smallest absolute Gasteiger partial charge is 0.240 e. The Kier molecular flexibility index (Phi) is 3.36. The van der Waals surface area contributed by atoms with Gasteiger partial charge in [-0.3, -0.25) is 0 Å². The SMILES string of the molecule is CNS(=O)(=O)c1ccc(-c2ccccc2N)cc1. The highest BCUT2D eigenvalue weighted by atomic mass is 32.2. The molecule has 0 fully saturated rings. The number of para-hydroxylation sites is 1. The van der Waals surface area contributed by atoms with Crippen molar-refractivity contribution in [1.29, 1.82) is 0 Å². The van der Waals surface area contributed by atoms with E-state index in [4.69, 9.17) is 5.73 Å². The molecule has 5 heteroatoms. The van der Waals surface area contributed by atoms with Gasteiger partial charge < -0.3 is 5.73 Å². The second-order valence-electron chi connectivity index (χ2n) is 3.82. The number of anilines is 1. The zero-order valence-electron chi connectivity index (χ0n) is 9.92. The summed E-state index contributed by atoms with van der Waals surface area (Å²) < 4.78 is 25.4. The van der Waals surface area contributed by atoms with Crippen molar-refractivity contribution in [3.8, 4) is 11.1 Å². The van der Waals surface area contributed by atoms with Gasteiger partial charge >= 0.3 is 0 Å². The van der Waals surface area contributed by atoms with Crippen molar-refractivity contribution in [2.24, 2.45) is 0 Å². The number of hydrogen-bond acceptors (Lipinski definition) is 3. The van der Waals surface area contributed by atoms with Crippen LogP contribution in [0.4, 0.5) is 5.69 Å². The highest BCUT2D eigenvalue weighted by molar-refractivity contribution is 7.89. The van der Waals surface area contributed by atoms with Crippen LogP contribution in [0.5, 0.6) is 0 Å². The average molecular weight is 262 g/mol. The predicted molar refractivity (Wildman–Crippen MR) is 72.5 cm³/mol. The van der Waals surface area contributed by atoms with Crippen LogP contribution >= 0.6 is 0 Å². The fraction of sp³-hybridized carbons (Fsp3) is 0.0769. The van der Waals surface area contributed by atoms with E-state index in [1.165, 1.54) is 7.05 Å². The van der Waals surface area contributed by atoms with Gasteiger partial charge in [-0.1, -0.05) is 30.3 Å². The first-order valence-electron chi connectivity index (χ1n) is 5.43. The van der Waals surface area contributed by atoms with Crippen LogP contribution in [0.15, 0.2) is 53.4 Å². The normalized spacial score (nSPS) is 11.4. The number of nitrogens with two attached hydrogens (primary N) is 1. The summed E-state index contributed by atoms with van der Waals surface area (Å²) in [6.07, 6.45) is 0. The van der Waals surface area contributed by atoms with E-state index in [0.29, 0.717) is 5.69 Å². The van der Waals surface area contributed by atoms with Gasteiger partial charge in [0.2, 0.25) is 10.0 Å². The Bertz CT molecular complexity index is 649. The summed E-state index contributed by atoms with van der Waals surface area (Å²) in [6.45, 7) is 0. The Balaban J connectivity index is 2.43. The molecule has 0 aliphatic heterocycles. The molecule has 2 aromatic rings. The van der Waals surface area contributed by atoms with E-state index < -0.39 is 10.0 Å². The molecule has 0 saturated heterocycles. The molecular weight excluding hydrogens is 248 g/mol. The predicted octanol–water partition coefficient (Wildman–Crippen LogP) is 1.84. The highest BCUT2D eigenvalue weighted by Crippen LogP contribution is 2.26. The van der Waals surface area contributed by atoms with E-state index in [1.807, 2.05) is 24.3 Å². The largest absolute Gasteiger partial charge is 0.398 e. The van der Waals surface area contributed by atoms with Gasteiger partial charge in [0, 0.05) is 11.3 Å². The number of rotatable bonds is 3. The van der Waals surface area contributed by atoms with Gasteiger partial charge in [-0.25, -0.2) is 13.1 Å². The third-order valence-corrected chi connectivity index (χ3v) is 4.14. The lowest BCUT2D eigenvalue weighted by atomic mass is 10.0. The molecule has 3 N–H and O–H groups in total. The first-order valence-corrected chi connectivity index (χ1v) is 6.91. The summed E-state index contributed by atoms with van der Waals surface area (Å²) >= 11 is 0. The molecule has 0 atom stereocenters. The number of nitrogen functional groups attached to an aromatic ring is 1.